The Labute approximate surface area is 163 Å². The maximum Gasteiger partial charge on any atom is 0.251 e. The minimum absolute atomic E-state index is 0. The average Bonchev–Trinajstić information content (AvgIpc) is 2.61. The highest BCUT2D eigenvalue weighted by Crippen LogP contribution is 2.23. The molecule has 0 aromatic heterocycles. The Morgan fingerprint density at radius 2 is 1.88 bits per heavy atom. The molecule has 8 heteroatoms. The molecule has 0 bridgehead atoms. The summed E-state index contributed by atoms with van der Waals surface area (Å²) < 4.78 is 27.0. The second-order valence-corrected chi connectivity index (χ2v) is 8.58. The van der Waals surface area contributed by atoms with Gasteiger partial charge in [-0.25, -0.2) is 8.42 Å². The number of amides is 1. The number of halogens is 1. The number of piperidine rings is 1. The first-order valence-corrected chi connectivity index (χ1v) is 10.5. The van der Waals surface area contributed by atoms with E-state index in [-0.39, 0.29) is 23.2 Å². The number of nitrogens with zero attached hydrogens (tertiary/aromatic N) is 1. The van der Waals surface area contributed by atoms with Crippen molar-refractivity contribution >= 4 is 28.3 Å². The lowest BCUT2D eigenvalue weighted by Gasteiger charge is -2.30. The Balaban J connectivity index is 0.00000338. The molecule has 1 aromatic carbocycles. The van der Waals surface area contributed by atoms with Crippen molar-refractivity contribution in [2.24, 2.45) is 5.92 Å². The SMILES string of the molecule is CCCNCCNC(=O)c1ccc(S(=O)(=O)N2CCCC(C)C2)cc1.Cl. The lowest BCUT2D eigenvalue weighted by molar-refractivity contribution is 0.0954. The van der Waals surface area contributed by atoms with E-state index in [1.54, 1.807) is 16.4 Å². The Morgan fingerprint density at radius 3 is 2.50 bits per heavy atom. The van der Waals surface area contributed by atoms with Crippen molar-refractivity contribution in [1.29, 1.82) is 0 Å². The van der Waals surface area contributed by atoms with Crippen LogP contribution in [-0.4, -0.2) is 51.4 Å². The predicted molar refractivity (Wildman–Crippen MR) is 106 cm³/mol. The second-order valence-electron chi connectivity index (χ2n) is 6.64. The molecule has 1 heterocycles. The minimum Gasteiger partial charge on any atom is -0.351 e. The third kappa shape index (κ3) is 6.23. The highest BCUT2D eigenvalue weighted by atomic mass is 35.5. The molecule has 0 saturated carbocycles. The first-order valence-electron chi connectivity index (χ1n) is 9.04. The summed E-state index contributed by atoms with van der Waals surface area (Å²) >= 11 is 0. The normalized spacial score (nSPS) is 18.2. The van der Waals surface area contributed by atoms with E-state index < -0.39 is 10.0 Å². The molecule has 2 N–H and O–H groups in total. The molecule has 2 rings (SSSR count). The number of rotatable bonds is 8. The monoisotopic (exact) mass is 403 g/mol. The van der Waals surface area contributed by atoms with E-state index in [2.05, 4.69) is 24.5 Å². The van der Waals surface area contributed by atoms with Crippen LogP contribution in [0.25, 0.3) is 0 Å². The Bertz CT molecular complexity index is 665. The summed E-state index contributed by atoms with van der Waals surface area (Å²) in [6.45, 7) is 7.49. The zero-order valence-corrected chi connectivity index (χ0v) is 17.2. The summed E-state index contributed by atoms with van der Waals surface area (Å²) in [4.78, 5) is 12.3. The van der Waals surface area contributed by atoms with E-state index in [1.165, 1.54) is 12.1 Å². The van der Waals surface area contributed by atoms with Crippen molar-refractivity contribution in [3.8, 4) is 0 Å². The van der Waals surface area contributed by atoms with Crippen LogP contribution in [0, 0.1) is 5.92 Å². The molecule has 1 atom stereocenters. The molecule has 6 nitrogen and oxygen atoms in total. The van der Waals surface area contributed by atoms with Crippen LogP contribution >= 0.6 is 12.4 Å². The standard InChI is InChI=1S/C18H29N3O3S.ClH/c1-3-10-19-11-12-20-18(22)16-6-8-17(9-7-16)25(23,24)21-13-4-5-15(2)14-21;/h6-9,15,19H,3-5,10-14H2,1-2H3,(H,20,22);1H. The highest BCUT2D eigenvalue weighted by Gasteiger charge is 2.28. The largest absolute Gasteiger partial charge is 0.351 e. The number of nitrogens with one attached hydrogen (secondary N) is 2. The number of benzene rings is 1. The van der Waals surface area contributed by atoms with Gasteiger partial charge in [-0.2, -0.15) is 4.31 Å². The number of carbonyl (C=O) groups is 1. The van der Waals surface area contributed by atoms with Gasteiger partial charge in [0.15, 0.2) is 0 Å². The van der Waals surface area contributed by atoms with Gasteiger partial charge in [0, 0.05) is 31.7 Å². The fourth-order valence-electron chi connectivity index (χ4n) is 2.96. The molecule has 0 radical (unpaired) electrons. The molecule has 0 spiro atoms. The number of hydrogen-bond acceptors (Lipinski definition) is 4. The van der Waals surface area contributed by atoms with E-state index in [9.17, 15) is 13.2 Å². The Morgan fingerprint density at radius 1 is 1.19 bits per heavy atom. The van der Waals surface area contributed by atoms with Gasteiger partial charge in [0.1, 0.15) is 0 Å². The van der Waals surface area contributed by atoms with Crippen LogP contribution in [0.4, 0.5) is 0 Å². The molecule has 148 valence electrons. The van der Waals surface area contributed by atoms with E-state index in [1.807, 2.05) is 0 Å². The fraction of sp³-hybridized carbons (Fsp3) is 0.611. The van der Waals surface area contributed by atoms with Crippen molar-refractivity contribution in [3.05, 3.63) is 29.8 Å². The third-order valence-electron chi connectivity index (χ3n) is 4.39. The van der Waals surface area contributed by atoms with Gasteiger partial charge in [-0.3, -0.25) is 4.79 Å². The van der Waals surface area contributed by atoms with Crippen LogP contribution in [0.15, 0.2) is 29.2 Å². The third-order valence-corrected chi connectivity index (χ3v) is 6.27. The van der Waals surface area contributed by atoms with Gasteiger partial charge in [-0.15, -0.1) is 12.4 Å². The minimum atomic E-state index is -3.47. The summed E-state index contributed by atoms with van der Waals surface area (Å²) in [6, 6.07) is 6.21. The van der Waals surface area contributed by atoms with Crippen LogP contribution in [0.5, 0.6) is 0 Å². The topological polar surface area (TPSA) is 78.5 Å². The summed E-state index contributed by atoms with van der Waals surface area (Å²) in [5, 5.41) is 6.04. The van der Waals surface area contributed by atoms with Crippen molar-refractivity contribution in [1.82, 2.24) is 14.9 Å². The summed E-state index contributed by atoms with van der Waals surface area (Å²) in [7, 11) is -3.47. The predicted octanol–water partition coefficient (Wildman–Crippen LogP) is 2.26. The second kappa shape index (κ2) is 10.9. The van der Waals surface area contributed by atoms with Crippen molar-refractivity contribution in [2.45, 2.75) is 38.0 Å². The average molecular weight is 404 g/mol. The van der Waals surface area contributed by atoms with E-state index in [4.69, 9.17) is 0 Å². The maximum absolute atomic E-state index is 12.7. The van der Waals surface area contributed by atoms with Gasteiger partial charge in [-0.1, -0.05) is 13.8 Å². The smallest absolute Gasteiger partial charge is 0.251 e. The van der Waals surface area contributed by atoms with Crippen LogP contribution in [0.1, 0.15) is 43.5 Å². The maximum atomic E-state index is 12.7. The van der Waals surface area contributed by atoms with Gasteiger partial charge in [0.05, 0.1) is 4.90 Å². The first-order chi connectivity index (χ1) is 11.9. The van der Waals surface area contributed by atoms with Crippen molar-refractivity contribution in [3.63, 3.8) is 0 Å². The van der Waals surface area contributed by atoms with Gasteiger partial charge in [-0.05, 0) is 56.0 Å². The summed E-state index contributed by atoms with van der Waals surface area (Å²) in [5.41, 5.74) is 0.474. The highest BCUT2D eigenvalue weighted by molar-refractivity contribution is 7.89. The van der Waals surface area contributed by atoms with Gasteiger partial charge < -0.3 is 10.6 Å². The molecular formula is C18H30ClN3O3S. The molecule has 1 aliphatic rings. The van der Waals surface area contributed by atoms with Gasteiger partial charge >= 0.3 is 0 Å². The molecule has 1 saturated heterocycles. The van der Waals surface area contributed by atoms with E-state index >= 15 is 0 Å². The fourth-order valence-corrected chi connectivity index (χ4v) is 4.56. The van der Waals surface area contributed by atoms with Crippen molar-refractivity contribution < 1.29 is 13.2 Å². The van der Waals surface area contributed by atoms with Crippen molar-refractivity contribution in [2.75, 3.05) is 32.7 Å². The summed E-state index contributed by atoms with van der Waals surface area (Å²) in [6.07, 6.45) is 3.02. The quantitative estimate of drug-likeness (QED) is 0.652. The molecule has 1 aromatic rings. The molecule has 1 aliphatic heterocycles. The van der Waals surface area contributed by atoms with E-state index in [0.717, 1.165) is 32.4 Å². The molecular weight excluding hydrogens is 374 g/mol. The number of sulfonamides is 1. The molecule has 26 heavy (non-hydrogen) atoms. The van der Waals surface area contributed by atoms with Crippen LogP contribution in [0.2, 0.25) is 0 Å². The zero-order valence-electron chi connectivity index (χ0n) is 15.5. The number of hydrogen-bond donors (Lipinski definition) is 2. The molecule has 1 amide bonds. The molecule has 1 unspecified atom stereocenters. The molecule has 0 aliphatic carbocycles. The molecule has 1 fully saturated rings. The first kappa shape index (κ1) is 22.9. The van der Waals surface area contributed by atoms with Gasteiger partial charge in [0.25, 0.3) is 5.91 Å². The zero-order chi connectivity index (χ0) is 18.3. The Hall–Kier alpha value is -1.15. The van der Waals surface area contributed by atoms with Crippen LogP contribution in [0.3, 0.4) is 0 Å². The number of carbonyl (C=O) groups excluding carboxylic acids is 1. The van der Waals surface area contributed by atoms with Gasteiger partial charge in [0.2, 0.25) is 10.0 Å². The van der Waals surface area contributed by atoms with E-state index in [0.29, 0.717) is 31.1 Å². The van der Waals surface area contributed by atoms with Crippen LogP contribution in [-0.2, 0) is 10.0 Å². The lowest BCUT2D eigenvalue weighted by Crippen LogP contribution is -2.39. The lowest BCUT2D eigenvalue weighted by atomic mass is 10.0. The van der Waals surface area contributed by atoms with Crippen LogP contribution < -0.4 is 10.6 Å². The Kier molecular flexibility index (Phi) is 9.57. The summed E-state index contributed by atoms with van der Waals surface area (Å²) in [5.74, 6) is 0.198.